The Labute approximate surface area is 180 Å². The quantitative estimate of drug-likeness (QED) is 0.223. The van der Waals surface area contributed by atoms with E-state index in [0.717, 1.165) is 13.0 Å². The maximum atomic E-state index is 12.6. The van der Waals surface area contributed by atoms with Crippen molar-refractivity contribution in [2.75, 3.05) is 20.2 Å². The second-order valence-electron chi connectivity index (χ2n) is 5.60. The smallest absolute Gasteiger partial charge is 0.387 e. The molecule has 0 aliphatic rings. The highest BCUT2D eigenvalue weighted by atomic mass is 127. The summed E-state index contributed by atoms with van der Waals surface area (Å²) in [6.07, 6.45) is 4.52. The molecule has 0 radical (unpaired) electrons. The number of halogens is 3. The van der Waals surface area contributed by atoms with Gasteiger partial charge in [0.25, 0.3) is 0 Å². The summed E-state index contributed by atoms with van der Waals surface area (Å²) in [4.78, 5) is 4.45. The van der Waals surface area contributed by atoms with Gasteiger partial charge in [0.1, 0.15) is 11.5 Å². The van der Waals surface area contributed by atoms with Gasteiger partial charge in [0.15, 0.2) is 5.96 Å². The van der Waals surface area contributed by atoms with Gasteiger partial charge in [0, 0.05) is 37.6 Å². The number of nitrogens with zero attached hydrogens (tertiary/aromatic N) is 3. The Balaban J connectivity index is 0.00000392. The van der Waals surface area contributed by atoms with Crippen molar-refractivity contribution in [1.29, 1.82) is 0 Å². The molecule has 0 bridgehead atoms. The Hall–Kier alpha value is -2.11. The van der Waals surface area contributed by atoms with Crippen LogP contribution in [-0.4, -0.2) is 42.6 Å². The molecule has 156 valence electrons. The molecule has 0 saturated heterocycles. The van der Waals surface area contributed by atoms with Crippen molar-refractivity contribution in [2.24, 2.45) is 4.99 Å². The lowest BCUT2D eigenvalue weighted by molar-refractivity contribution is -0.0504. The maximum absolute atomic E-state index is 12.6. The molecular formula is C18H26F2IN5O2. The number of aromatic nitrogens is 2. The Morgan fingerprint density at radius 2 is 2.14 bits per heavy atom. The van der Waals surface area contributed by atoms with Gasteiger partial charge >= 0.3 is 6.61 Å². The molecule has 2 rings (SSSR count). The van der Waals surface area contributed by atoms with Gasteiger partial charge in [-0.3, -0.25) is 4.68 Å². The minimum atomic E-state index is -2.89. The van der Waals surface area contributed by atoms with E-state index >= 15 is 0 Å². The lowest BCUT2D eigenvalue weighted by Gasteiger charge is -2.13. The van der Waals surface area contributed by atoms with E-state index in [4.69, 9.17) is 4.74 Å². The normalized spacial score (nSPS) is 11.1. The van der Waals surface area contributed by atoms with Gasteiger partial charge in [-0.05, 0) is 37.6 Å². The molecule has 2 aromatic rings. The summed E-state index contributed by atoms with van der Waals surface area (Å²) in [6.45, 7) is 1.41. The van der Waals surface area contributed by atoms with Crippen molar-refractivity contribution in [3.63, 3.8) is 0 Å². The van der Waals surface area contributed by atoms with Gasteiger partial charge in [-0.1, -0.05) is 0 Å². The zero-order valence-electron chi connectivity index (χ0n) is 15.9. The Kier molecular flexibility index (Phi) is 11.2. The molecule has 0 aliphatic heterocycles. The summed E-state index contributed by atoms with van der Waals surface area (Å²) in [7, 11) is 1.52. The number of methoxy groups -OCH3 is 1. The average molecular weight is 509 g/mol. The molecule has 1 aromatic heterocycles. The van der Waals surface area contributed by atoms with Crippen LogP contribution in [0.3, 0.4) is 0 Å². The van der Waals surface area contributed by atoms with E-state index < -0.39 is 6.61 Å². The van der Waals surface area contributed by atoms with Crippen molar-refractivity contribution >= 4 is 29.9 Å². The second kappa shape index (κ2) is 13.1. The molecular weight excluding hydrogens is 483 g/mol. The molecule has 10 heteroatoms. The van der Waals surface area contributed by atoms with E-state index in [0.29, 0.717) is 30.4 Å². The van der Waals surface area contributed by atoms with Gasteiger partial charge in [-0.25, -0.2) is 4.99 Å². The third-order valence-electron chi connectivity index (χ3n) is 3.65. The van der Waals surface area contributed by atoms with Gasteiger partial charge in [0.05, 0.1) is 13.7 Å². The molecule has 0 atom stereocenters. The average Bonchev–Trinajstić information content (AvgIpc) is 3.17. The third kappa shape index (κ3) is 8.28. The van der Waals surface area contributed by atoms with Crippen molar-refractivity contribution < 1.29 is 18.3 Å². The minimum Gasteiger partial charge on any atom is -0.497 e. The van der Waals surface area contributed by atoms with E-state index in [2.05, 4.69) is 25.5 Å². The number of alkyl halides is 2. The fourth-order valence-electron chi connectivity index (χ4n) is 2.40. The molecule has 1 aromatic carbocycles. The van der Waals surface area contributed by atoms with Crippen LogP contribution < -0.4 is 20.1 Å². The second-order valence-corrected chi connectivity index (χ2v) is 5.60. The van der Waals surface area contributed by atoms with Gasteiger partial charge in [-0.15, -0.1) is 24.0 Å². The Morgan fingerprint density at radius 3 is 2.79 bits per heavy atom. The van der Waals surface area contributed by atoms with Crippen LogP contribution in [0.2, 0.25) is 0 Å². The minimum absolute atomic E-state index is 0. The number of rotatable bonds is 10. The van der Waals surface area contributed by atoms with Crippen molar-refractivity contribution in [2.45, 2.75) is 33.0 Å². The highest BCUT2D eigenvalue weighted by molar-refractivity contribution is 14.0. The first kappa shape index (κ1) is 23.9. The van der Waals surface area contributed by atoms with Crippen LogP contribution in [0.15, 0.2) is 41.7 Å². The first-order chi connectivity index (χ1) is 13.1. The monoisotopic (exact) mass is 509 g/mol. The fourth-order valence-corrected chi connectivity index (χ4v) is 2.40. The highest BCUT2D eigenvalue weighted by Crippen LogP contribution is 2.26. The van der Waals surface area contributed by atoms with E-state index in [1.807, 2.05) is 23.9 Å². The molecule has 0 saturated carbocycles. The van der Waals surface area contributed by atoms with E-state index in [1.165, 1.54) is 13.2 Å². The highest BCUT2D eigenvalue weighted by Gasteiger charge is 2.11. The molecule has 28 heavy (non-hydrogen) atoms. The number of ether oxygens (including phenoxy) is 2. The summed E-state index contributed by atoms with van der Waals surface area (Å²) in [5, 5.41) is 10.5. The Bertz CT molecular complexity index is 714. The van der Waals surface area contributed by atoms with Gasteiger partial charge in [0.2, 0.25) is 0 Å². The summed E-state index contributed by atoms with van der Waals surface area (Å²) in [5.74, 6) is 1.24. The number of nitrogens with one attached hydrogen (secondary N) is 2. The third-order valence-corrected chi connectivity index (χ3v) is 3.65. The van der Waals surface area contributed by atoms with Crippen LogP contribution in [0.1, 0.15) is 18.9 Å². The predicted molar refractivity (Wildman–Crippen MR) is 115 cm³/mol. The lowest BCUT2D eigenvalue weighted by Crippen LogP contribution is -2.38. The van der Waals surface area contributed by atoms with Crippen molar-refractivity contribution in [3.05, 3.63) is 42.2 Å². The van der Waals surface area contributed by atoms with Crippen molar-refractivity contribution in [3.8, 4) is 11.5 Å². The number of hydrogen-bond acceptors (Lipinski definition) is 4. The topological polar surface area (TPSA) is 72.7 Å². The van der Waals surface area contributed by atoms with Crippen LogP contribution >= 0.6 is 24.0 Å². The zero-order valence-corrected chi connectivity index (χ0v) is 18.2. The zero-order chi connectivity index (χ0) is 19.5. The number of hydrogen-bond donors (Lipinski definition) is 2. The fraction of sp³-hybridized carbons (Fsp3) is 0.444. The van der Waals surface area contributed by atoms with E-state index in [9.17, 15) is 8.78 Å². The van der Waals surface area contributed by atoms with Crippen molar-refractivity contribution in [1.82, 2.24) is 20.4 Å². The van der Waals surface area contributed by atoms with Gasteiger partial charge in [-0.2, -0.15) is 13.9 Å². The standard InChI is InChI=1S/C18H25F2N5O2.HI/c1-3-21-18(22-8-4-10-25-11-5-9-24-25)23-13-14-12-15(26-2)6-7-16(14)27-17(19)20;/h5-7,9,11-12,17H,3-4,8,10,13H2,1-2H3,(H2,21,22,23);1H. The summed E-state index contributed by atoms with van der Waals surface area (Å²) >= 11 is 0. The molecule has 0 amide bonds. The predicted octanol–water partition coefficient (Wildman–Crippen LogP) is 3.26. The molecule has 0 spiro atoms. The van der Waals surface area contributed by atoms with Gasteiger partial charge < -0.3 is 20.1 Å². The van der Waals surface area contributed by atoms with Crippen LogP contribution in [0.25, 0.3) is 0 Å². The molecule has 0 fully saturated rings. The number of benzene rings is 1. The summed E-state index contributed by atoms with van der Waals surface area (Å²) in [6, 6.07) is 6.55. The first-order valence-electron chi connectivity index (χ1n) is 8.73. The SMILES string of the molecule is CCNC(=NCc1cc(OC)ccc1OC(F)F)NCCCn1cccn1.I. The number of aryl methyl sites for hydroxylation is 1. The molecule has 1 heterocycles. The molecule has 2 N–H and O–H groups in total. The summed E-state index contributed by atoms with van der Waals surface area (Å²) in [5.41, 5.74) is 0.517. The van der Waals surface area contributed by atoms with Crippen LogP contribution in [-0.2, 0) is 13.1 Å². The number of aliphatic imine (C=N–C) groups is 1. The first-order valence-corrected chi connectivity index (χ1v) is 8.73. The van der Waals surface area contributed by atoms with Crippen LogP contribution in [0, 0.1) is 0 Å². The van der Waals surface area contributed by atoms with E-state index in [1.54, 1.807) is 18.3 Å². The molecule has 0 unspecified atom stereocenters. The number of guanidine groups is 1. The van der Waals surface area contributed by atoms with E-state index in [-0.39, 0.29) is 36.3 Å². The maximum Gasteiger partial charge on any atom is 0.387 e. The largest absolute Gasteiger partial charge is 0.497 e. The van der Waals surface area contributed by atoms with Crippen LogP contribution in [0.4, 0.5) is 8.78 Å². The molecule has 7 nitrogen and oxygen atoms in total. The van der Waals surface area contributed by atoms with Crippen LogP contribution in [0.5, 0.6) is 11.5 Å². The summed E-state index contributed by atoms with van der Waals surface area (Å²) < 4.78 is 36.8. The lowest BCUT2D eigenvalue weighted by atomic mass is 10.2. The Morgan fingerprint density at radius 1 is 1.32 bits per heavy atom. The molecule has 0 aliphatic carbocycles.